The zero-order chi connectivity index (χ0) is 14.8. The van der Waals surface area contributed by atoms with Crippen LogP contribution in [0.25, 0.3) is 22.0 Å². The van der Waals surface area contributed by atoms with Gasteiger partial charge in [-0.1, -0.05) is 12.1 Å². The average Bonchev–Trinajstić information content (AvgIpc) is 2.87. The van der Waals surface area contributed by atoms with Gasteiger partial charge >= 0.3 is 0 Å². The molecule has 0 atom stereocenters. The first-order chi connectivity index (χ1) is 10.2. The molecule has 2 heterocycles. The lowest BCUT2D eigenvalue weighted by Crippen LogP contribution is -2.26. The first-order valence-corrected chi connectivity index (χ1v) is 6.75. The number of rotatable bonds is 4. The van der Waals surface area contributed by atoms with Gasteiger partial charge in [-0.15, -0.1) is 0 Å². The molecule has 1 N–H and O–H groups in total. The van der Waals surface area contributed by atoms with Crippen molar-refractivity contribution in [1.82, 2.24) is 10.3 Å². The summed E-state index contributed by atoms with van der Waals surface area (Å²) in [4.78, 5) is 16.4. The third-order valence-electron chi connectivity index (χ3n) is 3.27. The molecule has 0 aliphatic heterocycles. The van der Waals surface area contributed by atoms with Crippen molar-refractivity contribution in [3.05, 3.63) is 41.7 Å². The van der Waals surface area contributed by atoms with Gasteiger partial charge in [0, 0.05) is 24.4 Å². The maximum absolute atomic E-state index is 11.9. The van der Waals surface area contributed by atoms with Gasteiger partial charge in [0.2, 0.25) is 5.71 Å². The van der Waals surface area contributed by atoms with Crippen molar-refractivity contribution >= 4 is 27.9 Å². The second kappa shape index (κ2) is 5.54. The minimum atomic E-state index is -0.259. The van der Waals surface area contributed by atoms with Gasteiger partial charge in [0.15, 0.2) is 5.76 Å². The van der Waals surface area contributed by atoms with E-state index in [4.69, 9.17) is 9.15 Å². The summed E-state index contributed by atoms with van der Waals surface area (Å²) in [5, 5.41) is 4.58. The molecular weight excluding hydrogens is 268 g/mol. The lowest BCUT2D eigenvalue weighted by molar-refractivity contribution is 0.0911. The van der Waals surface area contributed by atoms with E-state index in [1.165, 1.54) is 0 Å². The number of hydrogen-bond donors (Lipinski definition) is 1. The molecule has 5 nitrogen and oxygen atoms in total. The van der Waals surface area contributed by atoms with Gasteiger partial charge in [0.1, 0.15) is 0 Å². The molecule has 0 radical (unpaired) electrons. The molecule has 3 aromatic rings. The standard InChI is InChI=1S/C16H16N2O3/c1-10-3-4-11-8-12-9-14(15(19)17-5-6-20-2)21-16(12)18-13(11)7-10/h3-4,7-9H,5-6H2,1-2H3,(H,17,19). The summed E-state index contributed by atoms with van der Waals surface area (Å²) in [5.41, 5.74) is 2.48. The molecule has 21 heavy (non-hydrogen) atoms. The predicted molar refractivity (Wildman–Crippen MR) is 80.5 cm³/mol. The number of ether oxygens (including phenoxy) is 1. The summed E-state index contributed by atoms with van der Waals surface area (Å²) >= 11 is 0. The molecule has 1 aromatic carbocycles. The van der Waals surface area contributed by atoms with Crippen LogP contribution in [0, 0.1) is 6.92 Å². The van der Waals surface area contributed by atoms with Gasteiger partial charge < -0.3 is 14.5 Å². The van der Waals surface area contributed by atoms with Gasteiger partial charge in [0.05, 0.1) is 12.1 Å². The summed E-state index contributed by atoms with van der Waals surface area (Å²) in [6, 6.07) is 9.74. The minimum absolute atomic E-state index is 0.259. The Hall–Kier alpha value is -2.40. The van der Waals surface area contributed by atoms with Crippen LogP contribution in [0.15, 0.2) is 34.7 Å². The Bertz CT molecular complexity index is 808. The molecule has 5 heteroatoms. The van der Waals surface area contributed by atoms with Crippen molar-refractivity contribution < 1.29 is 13.9 Å². The number of nitrogens with zero attached hydrogens (tertiary/aromatic N) is 1. The van der Waals surface area contributed by atoms with Crippen LogP contribution < -0.4 is 5.32 Å². The van der Waals surface area contributed by atoms with E-state index >= 15 is 0 Å². The Kier molecular flexibility index (Phi) is 3.58. The topological polar surface area (TPSA) is 64.4 Å². The molecule has 0 saturated carbocycles. The highest BCUT2D eigenvalue weighted by molar-refractivity contribution is 5.98. The van der Waals surface area contributed by atoms with Crippen LogP contribution in [0.2, 0.25) is 0 Å². The third kappa shape index (κ3) is 2.73. The second-order valence-electron chi connectivity index (χ2n) is 4.94. The summed E-state index contributed by atoms with van der Waals surface area (Å²) in [6.45, 7) is 2.93. The fraction of sp³-hybridized carbons (Fsp3) is 0.250. The number of hydrogen-bond acceptors (Lipinski definition) is 4. The van der Waals surface area contributed by atoms with E-state index in [-0.39, 0.29) is 11.7 Å². The maximum Gasteiger partial charge on any atom is 0.287 e. The first-order valence-electron chi connectivity index (χ1n) is 6.75. The number of fused-ring (bicyclic) bond motifs is 2. The highest BCUT2D eigenvalue weighted by Gasteiger charge is 2.13. The van der Waals surface area contributed by atoms with E-state index < -0.39 is 0 Å². The van der Waals surface area contributed by atoms with Gasteiger partial charge in [-0.3, -0.25) is 4.79 Å². The number of amides is 1. The number of carbonyl (C=O) groups excluding carboxylic acids is 1. The molecule has 0 spiro atoms. The van der Waals surface area contributed by atoms with Crippen LogP contribution in [0.1, 0.15) is 16.1 Å². The highest BCUT2D eigenvalue weighted by Crippen LogP contribution is 2.23. The summed E-state index contributed by atoms with van der Waals surface area (Å²) in [5.74, 6) is 0.00548. The molecule has 108 valence electrons. The van der Waals surface area contributed by atoms with Crippen LogP contribution in [-0.2, 0) is 4.74 Å². The Labute approximate surface area is 121 Å². The Morgan fingerprint density at radius 3 is 2.95 bits per heavy atom. The lowest BCUT2D eigenvalue weighted by Gasteiger charge is -2.00. The summed E-state index contributed by atoms with van der Waals surface area (Å²) in [7, 11) is 1.59. The van der Waals surface area contributed by atoms with Crippen molar-refractivity contribution in [2.75, 3.05) is 20.3 Å². The molecule has 0 saturated heterocycles. The number of aryl methyl sites for hydroxylation is 1. The van der Waals surface area contributed by atoms with E-state index in [2.05, 4.69) is 10.3 Å². The SMILES string of the molecule is COCCNC(=O)c1cc2cc3ccc(C)cc3nc2o1. The Balaban J connectivity index is 1.95. The molecule has 0 unspecified atom stereocenters. The highest BCUT2D eigenvalue weighted by atomic mass is 16.5. The molecule has 0 bridgehead atoms. The van der Waals surface area contributed by atoms with Crippen molar-refractivity contribution in [3.63, 3.8) is 0 Å². The average molecular weight is 284 g/mol. The minimum Gasteiger partial charge on any atom is -0.433 e. The Morgan fingerprint density at radius 1 is 1.29 bits per heavy atom. The molecule has 2 aromatic heterocycles. The zero-order valence-corrected chi connectivity index (χ0v) is 12.0. The normalized spacial score (nSPS) is 11.1. The first kappa shape index (κ1) is 13.6. The van der Waals surface area contributed by atoms with Crippen molar-refractivity contribution in [3.8, 4) is 0 Å². The fourth-order valence-corrected chi connectivity index (χ4v) is 2.20. The summed E-state index contributed by atoms with van der Waals surface area (Å²) < 4.78 is 10.4. The smallest absolute Gasteiger partial charge is 0.287 e. The van der Waals surface area contributed by atoms with E-state index in [0.717, 1.165) is 21.9 Å². The predicted octanol–water partition coefficient (Wildman–Crippen LogP) is 2.67. The van der Waals surface area contributed by atoms with E-state index in [1.807, 2.05) is 31.2 Å². The van der Waals surface area contributed by atoms with Gasteiger partial charge in [-0.25, -0.2) is 4.98 Å². The van der Waals surface area contributed by atoms with Gasteiger partial charge in [0.25, 0.3) is 5.91 Å². The van der Waals surface area contributed by atoms with Crippen LogP contribution in [0.4, 0.5) is 0 Å². The van der Waals surface area contributed by atoms with Crippen LogP contribution in [-0.4, -0.2) is 31.2 Å². The number of nitrogens with one attached hydrogen (secondary N) is 1. The molecule has 0 aliphatic rings. The van der Waals surface area contributed by atoms with E-state index in [0.29, 0.717) is 18.9 Å². The number of methoxy groups -OCH3 is 1. The third-order valence-corrected chi connectivity index (χ3v) is 3.27. The number of pyridine rings is 1. The zero-order valence-electron chi connectivity index (χ0n) is 12.0. The number of benzene rings is 1. The van der Waals surface area contributed by atoms with Crippen molar-refractivity contribution in [2.45, 2.75) is 6.92 Å². The molecule has 0 aliphatic carbocycles. The maximum atomic E-state index is 11.9. The summed E-state index contributed by atoms with van der Waals surface area (Å²) in [6.07, 6.45) is 0. The van der Waals surface area contributed by atoms with E-state index in [9.17, 15) is 4.79 Å². The largest absolute Gasteiger partial charge is 0.433 e. The van der Waals surface area contributed by atoms with Crippen LogP contribution in [0.5, 0.6) is 0 Å². The lowest BCUT2D eigenvalue weighted by atomic mass is 10.1. The number of aromatic nitrogens is 1. The second-order valence-corrected chi connectivity index (χ2v) is 4.94. The fourth-order valence-electron chi connectivity index (χ4n) is 2.20. The quantitative estimate of drug-likeness (QED) is 0.748. The number of furan rings is 1. The monoisotopic (exact) mass is 284 g/mol. The molecule has 3 rings (SSSR count). The molecule has 1 amide bonds. The van der Waals surface area contributed by atoms with Crippen LogP contribution in [0.3, 0.4) is 0 Å². The van der Waals surface area contributed by atoms with Gasteiger partial charge in [-0.2, -0.15) is 0 Å². The van der Waals surface area contributed by atoms with E-state index in [1.54, 1.807) is 13.2 Å². The van der Waals surface area contributed by atoms with Crippen molar-refractivity contribution in [2.24, 2.45) is 0 Å². The number of carbonyl (C=O) groups is 1. The molecular formula is C16H16N2O3. The van der Waals surface area contributed by atoms with Crippen LogP contribution >= 0.6 is 0 Å². The van der Waals surface area contributed by atoms with Crippen molar-refractivity contribution in [1.29, 1.82) is 0 Å². The Morgan fingerprint density at radius 2 is 2.14 bits per heavy atom. The van der Waals surface area contributed by atoms with Gasteiger partial charge in [-0.05, 0) is 30.7 Å². The molecule has 0 fully saturated rings.